The SMILES string of the molecule is CC=CC(OC)C(C)(C)CO. The Morgan fingerprint density at radius 2 is 2.09 bits per heavy atom. The standard InChI is InChI=1S/C9H18O2/c1-5-6-8(11-4)9(2,3)7-10/h5-6,8,10H,7H2,1-4H3. The predicted molar refractivity (Wildman–Crippen MR) is 46.5 cm³/mol. The van der Waals surface area contributed by atoms with E-state index >= 15 is 0 Å². The Morgan fingerprint density at radius 1 is 1.55 bits per heavy atom. The molecule has 0 aromatic heterocycles. The van der Waals surface area contributed by atoms with Crippen LogP contribution in [0, 0.1) is 5.41 Å². The van der Waals surface area contributed by atoms with E-state index in [9.17, 15) is 0 Å². The minimum absolute atomic E-state index is 0.00231. The molecular formula is C9H18O2. The van der Waals surface area contributed by atoms with Gasteiger partial charge in [0.25, 0.3) is 0 Å². The Balaban J connectivity index is 4.23. The Morgan fingerprint density at radius 3 is 2.36 bits per heavy atom. The molecule has 0 aromatic carbocycles. The number of rotatable bonds is 4. The maximum absolute atomic E-state index is 9.01. The van der Waals surface area contributed by atoms with Crippen LogP contribution < -0.4 is 0 Å². The van der Waals surface area contributed by atoms with Gasteiger partial charge in [-0.25, -0.2) is 0 Å². The Bertz CT molecular complexity index is 128. The summed E-state index contributed by atoms with van der Waals surface area (Å²) in [5.74, 6) is 0. The van der Waals surface area contributed by atoms with Crippen molar-refractivity contribution in [2.75, 3.05) is 13.7 Å². The second kappa shape index (κ2) is 4.52. The number of hydrogen-bond donors (Lipinski definition) is 1. The molecule has 0 rings (SSSR count). The van der Waals surface area contributed by atoms with Crippen molar-refractivity contribution in [1.29, 1.82) is 0 Å². The van der Waals surface area contributed by atoms with Crippen LogP contribution >= 0.6 is 0 Å². The molecule has 66 valence electrons. The molecule has 0 saturated heterocycles. The summed E-state index contributed by atoms with van der Waals surface area (Å²) in [6.45, 7) is 6.03. The lowest BCUT2D eigenvalue weighted by molar-refractivity contribution is 0.00635. The average molecular weight is 158 g/mol. The number of ether oxygens (including phenoxy) is 1. The number of aliphatic hydroxyl groups is 1. The molecule has 1 N–H and O–H groups in total. The molecular weight excluding hydrogens is 140 g/mol. The van der Waals surface area contributed by atoms with E-state index in [1.54, 1.807) is 7.11 Å². The maximum atomic E-state index is 9.01. The predicted octanol–water partition coefficient (Wildman–Crippen LogP) is 1.60. The van der Waals surface area contributed by atoms with Crippen LogP contribution in [0.15, 0.2) is 12.2 Å². The molecule has 0 bridgehead atoms. The summed E-state index contributed by atoms with van der Waals surface area (Å²) in [6, 6.07) is 0. The zero-order valence-electron chi connectivity index (χ0n) is 7.79. The summed E-state index contributed by atoms with van der Waals surface area (Å²) in [5.41, 5.74) is -0.193. The van der Waals surface area contributed by atoms with Gasteiger partial charge < -0.3 is 9.84 Å². The Hall–Kier alpha value is -0.340. The topological polar surface area (TPSA) is 29.5 Å². The van der Waals surface area contributed by atoms with Crippen LogP contribution in [0.5, 0.6) is 0 Å². The van der Waals surface area contributed by atoms with Crippen molar-refractivity contribution < 1.29 is 9.84 Å². The van der Waals surface area contributed by atoms with Crippen LogP contribution in [0.3, 0.4) is 0 Å². The summed E-state index contributed by atoms with van der Waals surface area (Å²) in [7, 11) is 1.65. The molecule has 0 fully saturated rings. The molecule has 11 heavy (non-hydrogen) atoms. The normalized spacial score (nSPS) is 15.7. The van der Waals surface area contributed by atoms with E-state index in [4.69, 9.17) is 9.84 Å². The van der Waals surface area contributed by atoms with Gasteiger partial charge in [-0.15, -0.1) is 0 Å². The molecule has 0 spiro atoms. The van der Waals surface area contributed by atoms with Crippen molar-refractivity contribution in [3.8, 4) is 0 Å². The molecule has 0 amide bonds. The summed E-state index contributed by atoms with van der Waals surface area (Å²) < 4.78 is 5.20. The molecule has 0 aliphatic carbocycles. The van der Waals surface area contributed by atoms with E-state index in [1.807, 2.05) is 32.9 Å². The number of methoxy groups -OCH3 is 1. The van der Waals surface area contributed by atoms with E-state index in [0.29, 0.717) is 0 Å². The summed E-state index contributed by atoms with van der Waals surface area (Å²) in [4.78, 5) is 0. The van der Waals surface area contributed by atoms with Crippen molar-refractivity contribution in [2.24, 2.45) is 5.41 Å². The smallest absolute Gasteiger partial charge is 0.0824 e. The highest BCUT2D eigenvalue weighted by atomic mass is 16.5. The van der Waals surface area contributed by atoms with Crippen molar-refractivity contribution >= 4 is 0 Å². The minimum Gasteiger partial charge on any atom is -0.396 e. The van der Waals surface area contributed by atoms with Crippen molar-refractivity contribution in [3.63, 3.8) is 0 Å². The molecule has 0 heterocycles. The van der Waals surface area contributed by atoms with Gasteiger partial charge in [0.15, 0.2) is 0 Å². The second-order valence-corrected chi connectivity index (χ2v) is 3.33. The van der Waals surface area contributed by atoms with Gasteiger partial charge in [-0.05, 0) is 6.92 Å². The third kappa shape index (κ3) is 3.04. The number of aliphatic hydroxyl groups excluding tert-OH is 1. The molecule has 0 radical (unpaired) electrons. The molecule has 2 heteroatoms. The average Bonchev–Trinajstić information content (AvgIpc) is 2.00. The quantitative estimate of drug-likeness (QED) is 0.630. The van der Waals surface area contributed by atoms with Gasteiger partial charge in [-0.1, -0.05) is 26.0 Å². The Labute approximate surface area is 68.9 Å². The third-order valence-electron chi connectivity index (χ3n) is 1.80. The van der Waals surface area contributed by atoms with Gasteiger partial charge in [0.1, 0.15) is 0 Å². The maximum Gasteiger partial charge on any atom is 0.0824 e. The zero-order valence-corrected chi connectivity index (χ0v) is 7.79. The fourth-order valence-electron chi connectivity index (χ4n) is 0.923. The van der Waals surface area contributed by atoms with Crippen molar-refractivity contribution in [1.82, 2.24) is 0 Å². The second-order valence-electron chi connectivity index (χ2n) is 3.33. The van der Waals surface area contributed by atoms with Gasteiger partial charge >= 0.3 is 0 Å². The molecule has 2 nitrogen and oxygen atoms in total. The molecule has 1 atom stereocenters. The monoisotopic (exact) mass is 158 g/mol. The highest BCUT2D eigenvalue weighted by molar-refractivity contribution is 4.95. The molecule has 0 aliphatic rings. The van der Waals surface area contributed by atoms with Crippen molar-refractivity contribution in [2.45, 2.75) is 26.9 Å². The lowest BCUT2D eigenvalue weighted by atomic mass is 9.87. The number of allylic oxidation sites excluding steroid dienone is 1. The first-order chi connectivity index (χ1) is 5.08. The first kappa shape index (κ1) is 10.7. The van der Waals surface area contributed by atoms with Crippen LogP contribution in [0.1, 0.15) is 20.8 Å². The van der Waals surface area contributed by atoms with Crippen LogP contribution in [0.2, 0.25) is 0 Å². The highest BCUT2D eigenvalue weighted by Crippen LogP contribution is 2.22. The largest absolute Gasteiger partial charge is 0.396 e. The van der Waals surface area contributed by atoms with Gasteiger partial charge in [0.2, 0.25) is 0 Å². The molecule has 0 saturated carbocycles. The van der Waals surface area contributed by atoms with E-state index in [0.717, 1.165) is 0 Å². The first-order valence-electron chi connectivity index (χ1n) is 3.85. The van der Waals surface area contributed by atoms with E-state index in [2.05, 4.69) is 0 Å². The lowest BCUT2D eigenvalue weighted by Crippen LogP contribution is -2.32. The molecule has 0 aliphatic heterocycles. The summed E-state index contributed by atoms with van der Waals surface area (Å²) in [6.07, 6.45) is 3.89. The van der Waals surface area contributed by atoms with Crippen LogP contribution in [0.25, 0.3) is 0 Å². The van der Waals surface area contributed by atoms with Gasteiger partial charge in [-0.3, -0.25) is 0 Å². The highest BCUT2D eigenvalue weighted by Gasteiger charge is 2.26. The van der Waals surface area contributed by atoms with Gasteiger partial charge in [-0.2, -0.15) is 0 Å². The lowest BCUT2D eigenvalue weighted by Gasteiger charge is -2.28. The number of hydrogen-bond acceptors (Lipinski definition) is 2. The van der Waals surface area contributed by atoms with E-state index in [1.165, 1.54) is 0 Å². The third-order valence-corrected chi connectivity index (χ3v) is 1.80. The van der Waals surface area contributed by atoms with Crippen LogP contribution in [0.4, 0.5) is 0 Å². The van der Waals surface area contributed by atoms with E-state index in [-0.39, 0.29) is 18.1 Å². The Kier molecular flexibility index (Phi) is 4.38. The fourth-order valence-corrected chi connectivity index (χ4v) is 0.923. The van der Waals surface area contributed by atoms with E-state index < -0.39 is 0 Å². The fraction of sp³-hybridized carbons (Fsp3) is 0.778. The molecule has 0 aromatic rings. The van der Waals surface area contributed by atoms with Crippen molar-refractivity contribution in [3.05, 3.63) is 12.2 Å². The van der Waals surface area contributed by atoms with Crippen LogP contribution in [-0.2, 0) is 4.74 Å². The zero-order chi connectivity index (χ0) is 8.91. The minimum atomic E-state index is -0.193. The first-order valence-corrected chi connectivity index (χ1v) is 3.85. The van der Waals surface area contributed by atoms with Gasteiger partial charge in [0, 0.05) is 12.5 Å². The molecule has 1 unspecified atom stereocenters. The summed E-state index contributed by atoms with van der Waals surface area (Å²) >= 11 is 0. The van der Waals surface area contributed by atoms with Crippen LogP contribution in [-0.4, -0.2) is 24.9 Å². The summed E-state index contributed by atoms with van der Waals surface area (Å²) in [5, 5.41) is 9.01. The van der Waals surface area contributed by atoms with Gasteiger partial charge in [0.05, 0.1) is 12.7 Å².